The minimum atomic E-state index is -3.65. The smallest absolute Gasteiger partial charge is 0.309 e. The molecule has 1 aliphatic heterocycles. The van der Waals surface area contributed by atoms with E-state index in [9.17, 15) is 18.0 Å². The molecule has 0 aliphatic carbocycles. The van der Waals surface area contributed by atoms with Crippen LogP contribution in [0.3, 0.4) is 0 Å². The van der Waals surface area contributed by atoms with Crippen molar-refractivity contribution in [2.45, 2.75) is 46.1 Å². The number of benzene rings is 1. The van der Waals surface area contributed by atoms with E-state index in [1.165, 1.54) is 4.31 Å². The van der Waals surface area contributed by atoms with Crippen LogP contribution in [0.25, 0.3) is 0 Å². The predicted molar refractivity (Wildman–Crippen MR) is 109 cm³/mol. The monoisotopic (exact) mass is 410 g/mol. The van der Waals surface area contributed by atoms with E-state index in [-0.39, 0.29) is 17.8 Å². The van der Waals surface area contributed by atoms with Crippen molar-refractivity contribution in [3.05, 3.63) is 29.8 Å². The fourth-order valence-electron chi connectivity index (χ4n) is 3.54. The summed E-state index contributed by atoms with van der Waals surface area (Å²) < 4.78 is 31.3. The van der Waals surface area contributed by atoms with E-state index >= 15 is 0 Å². The van der Waals surface area contributed by atoms with Gasteiger partial charge >= 0.3 is 5.97 Å². The van der Waals surface area contributed by atoms with Gasteiger partial charge in [0.15, 0.2) is 0 Å². The lowest BCUT2D eigenvalue weighted by Gasteiger charge is -2.37. The summed E-state index contributed by atoms with van der Waals surface area (Å²) in [5.74, 6) is -0.651. The number of ether oxygens (including phenoxy) is 1. The van der Waals surface area contributed by atoms with Crippen LogP contribution in [0.1, 0.15) is 38.7 Å². The minimum absolute atomic E-state index is 0.202. The molecule has 1 amide bonds. The van der Waals surface area contributed by atoms with Gasteiger partial charge in [-0.3, -0.25) is 13.9 Å². The molecule has 0 aromatic heterocycles. The fourth-order valence-corrected chi connectivity index (χ4v) is 4.75. The molecule has 0 N–H and O–H groups in total. The number of piperidine rings is 1. The molecule has 2 rings (SSSR count). The Morgan fingerprint density at radius 3 is 2.21 bits per heavy atom. The van der Waals surface area contributed by atoms with E-state index in [1.54, 1.807) is 30.9 Å². The molecule has 28 heavy (non-hydrogen) atoms. The number of nitrogens with zero attached hydrogens (tertiary/aromatic N) is 2. The van der Waals surface area contributed by atoms with Crippen molar-refractivity contribution in [2.75, 3.05) is 30.3 Å². The standard InChI is InChI=1S/C20H30N2O5S/c1-5-18(22(28(4,25)26)17-9-7-15(3)8-10-17)19(23)21-13-11-16(12-14-21)20(24)27-6-2/h7-10,16,18H,5-6,11-14H2,1-4H3/t18-/m1/s1. The zero-order valence-electron chi connectivity index (χ0n) is 17.1. The van der Waals surface area contributed by atoms with Gasteiger partial charge in [0.05, 0.1) is 24.5 Å². The number of aryl methyl sites for hydroxylation is 1. The van der Waals surface area contributed by atoms with Crippen molar-refractivity contribution in [3.63, 3.8) is 0 Å². The van der Waals surface area contributed by atoms with Crippen LogP contribution in [0.5, 0.6) is 0 Å². The summed E-state index contributed by atoms with van der Waals surface area (Å²) in [7, 11) is -3.65. The molecular weight excluding hydrogens is 380 g/mol. The highest BCUT2D eigenvalue weighted by atomic mass is 32.2. The van der Waals surface area contributed by atoms with Crippen molar-refractivity contribution < 1.29 is 22.7 Å². The van der Waals surface area contributed by atoms with Crippen LogP contribution in [-0.2, 0) is 24.3 Å². The maximum Gasteiger partial charge on any atom is 0.309 e. The van der Waals surface area contributed by atoms with Gasteiger partial charge in [0.25, 0.3) is 0 Å². The van der Waals surface area contributed by atoms with Gasteiger partial charge in [-0.1, -0.05) is 24.6 Å². The van der Waals surface area contributed by atoms with E-state index in [4.69, 9.17) is 4.74 Å². The van der Waals surface area contributed by atoms with Crippen LogP contribution in [-0.4, -0.2) is 57.2 Å². The van der Waals surface area contributed by atoms with Crippen LogP contribution in [0.15, 0.2) is 24.3 Å². The minimum Gasteiger partial charge on any atom is -0.466 e. The molecule has 1 saturated heterocycles. The number of sulfonamides is 1. The lowest BCUT2D eigenvalue weighted by atomic mass is 9.96. The molecule has 1 aromatic rings. The van der Waals surface area contributed by atoms with Gasteiger partial charge in [-0.15, -0.1) is 0 Å². The van der Waals surface area contributed by atoms with E-state index in [1.807, 2.05) is 19.1 Å². The van der Waals surface area contributed by atoms with E-state index in [2.05, 4.69) is 0 Å². The molecule has 1 heterocycles. The number of esters is 1. The third kappa shape index (κ3) is 5.25. The van der Waals surface area contributed by atoms with Crippen molar-refractivity contribution in [3.8, 4) is 0 Å². The Balaban J connectivity index is 2.19. The number of carbonyl (C=O) groups is 2. The molecule has 0 saturated carbocycles. The highest BCUT2D eigenvalue weighted by Crippen LogP contribution is 2.26. The maximum atomic E-state index is 13.2. The van der Waals surface area contributed by atoms with Crippen LogP contribution < -0.4 is 4.31 Å². The predicted octanol–water partition coefficient (Wildman–Crippen LogP) is 2.34. The van der Waals surface area contributed by atoms with Gasteiger partial charge in [-0.2, -0.15) is 0 Å². The van der Waals surface area contributed by atoms with Gasteiger partial charge in [0.2, 0.25) is 15.9 Å². The maximum absolute atomic E-state index is 13.2. The van der Waals surface area contributed by atoms with Crippen molar-refractivity contribution in [1.29, 1.82) is 0 Å². The molecule has 0 bridgehead atoms. The van der Waals surface area contributed by atoms with Crippen molar-refractivity contribution in [2.24, 2.45) is 5.92 Å². The Morgan fingerprint density at radius 1 is 1.18 bits per heavy atom. The number of amides is 1. The van der Waals surface area contributed by atoms with Crippen LogP contribution in [0.4, 0.5) is 5.69 Å². The van der Waals surface area contributed by atoms with Crippen LogP contribution >= 0.6 is 0 Å². The number of hydrogen-bond donors (Lipinski definition) is 0. The third-order valence-corrected chi connectivity index (χ3v) is 6.21. The second kappa shape index (κ2) is 9.41. The molecule has 1 aromatic carbocycles. The summed E-state index contributed by atoms with van der Waals surface area (Å²) in [6.07, 6.45) is 2.54. The van der Waals surface area contributed by atoms with Gasteiger partial charge in [-0.25, -0.2) is 8.42 Å². The Morgan fingerprint density at radius 2 is 1.75 bits per heavy atom. The van der Waals surface area contributed by atoms with Crippen molar-refractivity contribution >= 4 is 27.6 Å². The van der Waals surface area contributed by atoms with Gasteiger partial charge < -0.3 is 9.64 Å². The van der Waals surface area contributed by atoms with E-state index < -0.39 is 16.1 Å². The summed E-state index contributed by atoms with van der Waals surface area (Å²) in [5.41, 5.74) is 1.49. The molecular formula is C20H30N2O5S. The average molecular weight is 411 g/mol. The van der Waals surface area contributed by atoms with Gasteiger partial charge in [-0.05, 0) is 45.2 Å². The Bertz CT molecular complexity index is 783. The topological polar surface area (TPSA) is 84.0 Å². The highest BCUT2D eigenvalue weighted by Gasteiger charge is 2.36. The van der Waals surface area contributed by atoms with Crippen LogP contribution in [0.2, 0.25) is 0 Å². The summed E-state index contributed by atoms with van der Waals surface area (Å²) >= 11 is 0. The zero-order valence-corrected chi connectivity index (χ0v) is 17.9. The normalized spacial score (nSPS) is 16.5. The SMILES string of the molecule is CCOC(=O)C1CCN(C(=O)[C@@H](CC)N(c2ccc(C)cc2)S(C)(=O)=O)CC1. The lowest BCUT2D eigenvalue weighted by Crippen LogP contribution is -2.52. The van der Waals surface area contributed by atoms with Gasteiger partial charge in [0.1, 0.15) is 6.04 Å². The first-order chi connectivity index (χ1) is 13.2. The average Bonchev–Trinajstić information content (AvgIpc) is 2.66. The Hall–Kier alpha value is -2.09. The fraction of sp³-hybridized carbons (Fsp3) is 0.600. The summed E-state index contributed by atoms with van der Waals surface area (Å²) in [6, 6.07) is 6.29. The molecule has 156 valence electrons. The molecule has 8 heteroatoms. The molecule has 1 fully saturated rings. The highest BCUT2D eigenvalue weighted by molar-refractivity contribution is 7.92. The number of likely N-dealkylation sites (tertiary alicyclic amines) is 1. The van der Waals surface area contributed by atoms with E-state index in [0.29, 0.717) is 44.6 Å². The molecule has 1 atom stereocenters. The Labute approximate surface area is 167 Å². The number of hydrogen-bond acceptors (Lipinski definition) is 5. The molecule has 0 unspecified atom stereocenters. The van der Waals surface area contributed by atoms with Crippen LogP contribution in [0, 0.1) is 12.8 Å². The number of rotatable bonds is 7. The Kier molecular flexibility index (Phi) is 7.46. The second-order valence-corrected chi connectivity index (χ2v) is 9.03. The summed E-state index contributed by atoms with van der Waals surface area (Å²) in [4.78, 5) is 26.7. The number of carbonyl (C=O) groups excluding carboxylic acids is 2. The quantitative estimate of drug-likeness (QED) is 0.644. The molecule has 1 aliphatic rings. The molecule has 0 spiro atoms. The first-order valence-electron chi connectivity index (χ1n) is 9.70. The van der Waals surface area contributed by atoms with E-state index in [0.717, 1.165) is 11.8 Å². The first kappa shape index (κ1) is 22.2. The molecule has 0 radical (unpaired) electrons. The number of anilines is 1. The largest absolute Gasteiger partial charge is 0.466 e. The third-order valence-electron chi connectivity index (χ3n) is 5.03. The molecule has 7 nitrogen and oxygen atoms in total. The van der Waals surface area contributed by atoms with Gasteiger partial charge in [0, 0.05) is 13.1 Å². The summed E-state index contributed by atoms with van der Waals surface area (Å²) in [6.45, 7) is 6.68. The van der Waals surface area contributed by atoms with Crippen molar-refractivity contribution in [1.82, 2.24) is 4.90 Å². The second-order valence-electron chi connectivity index (χ2n) is 7.17. The lowest BCUT2D eigenvalue weighted by molar-refractivity contribution is -0.151. The zero-order chi connectivity index (χ0) is 20.9. The summed E-state index contributed by atoms with van der Waals surface area (Å²) in [5, 5.41) is 0. The first-order valence-corrected chi connectivity index (χ1v) is 11.5.